The molecular formula is C13H17BFNO3. The molecule has 4 nitrogen and oxygen atoms in total. The molecule has 6 heteroatoms. The molecule has 1 saturated heterocycles. The second kappa shape index (κ2) is 5.71. The van der Waals surface area contributed by atoms with Crippen molar-refractivity contribution in [2.45, 2.75) is 19.8 Å². The van der Waals surface area contributed by atoms with Crippen LogP contribution in [-0.4, -0.2) is 41.1 Å². The third-order valence-electron chi connectivity index (χ3n) is 3.48. The highest BCUT2D eigenvalue weighted by Gasteiger charge is 2.27. The van der Waals surface area contributed by atoms with E-state index in [1.807, 2.05) is 0 Å². The maximum atomic E-state index is 14.1. The molecule has 1 aliphatic heterocycles. The Bertz CT molecular complexity index is 481. The first-order valence-corrected chi connectivity index (χ1v) is 6.44. The van der Waals surface area contributed by atoms with Crippen LogP contribution in [0.1, 0.15) is 30.1 Å². The zero-order valence-corrected chi connectivity index (χ0v) is 10.8. The van der Waals surface area contributed by atoms with Crippen LogP contribution in [0, 0.1) is 11.7 Å². The Kier molecular flexibility index (Phi) is 4.22. The Balaban J connectivity index is 2.26. The number of amides is 1. The predicted molar refractivity (Wildman–Crippen MR) is 70.5 cm³/mol. The number of rotatable bonds is 2. The lowest BCUT2D eigenvalue weighted by Crippen LogP contribution is -2.41. The molecule has 0 bridgehead atoms. The molecule has 0 radical (unpaired) electrons. The Hall–Kier alpha value is -1.40. The van der Waals surface area contributed by atoms with Gasteiger partial charge in [0, 0.05) is 18.6 Å². The van der Waals surface area contributed by atoms with Gasteiger partial charge in [-0.25, -0.2) is 4.39 Å². The highest BCUT2D eigenvalue weighted by molar-refractivity contribution is 6.58. The first-order chi connectivity index (χ1) is 9.00. The second-order valence-corrected chi connectivity index (χ2v) is 5.08. The van der Waals surface area contributed by atoms with E-state index in [1.165, 1.54) is 18.2 Å². The van der Waals surface area contributed by atoms with E-state index >= 15 is 0 Å². The minimum absolute atomic E-state index is 0.0975. The molecule has 1 atom stereocenters. The number of piperidine rings is 1. The fourth-order valence-electron chi connectivity index (χ4n) is 2.46. The highest BCUT2D eigenvalue weighted by Crippen LogP contribution is 2.18. The van der Waals surface area contributed by atoms with Gasteiger partial charge in [0.2, 0.25) is 0 Å². The number of hydrogen-bond donors (Lipinski definition) is 2. The molecule has 0 aromatic heterocycles. The largest absolute Gasteiger partial charge is 0.491 e. The Morgan fingerprint density at radius 1 is 1.47 bits per heavy atom. The van der Waals surface area contributed by atoms with E-state index in [2.05, 4.69) is 6.92 Å². The smallest absolute Gasteiger partial charge is 0.423 e. The fourth-order valence-corrected chi connectivity index (χ4v) is 2.46. The number of carbonyl (C=O) groups is 1. The Morgan fingerprint density at radius 3 is 2.84 bits per heavy atom. The summed E-state index contributed by atoms with van der Waals surface area (Å²) in [5, 5.41) is 18.1. The number of benzene rings is 1. The van der Waals surface area contributed by atoms with Crippen LogP contribution in [0.15, 0.2) is 18.2 Å². The maximum absolute atomic E-state index is 14.1. The SMILES string of the molecule is C[C@H]1CCCN(C(=O)c2cccc(B(O)O)c2F)C1. The summed E-state index contributed by atoms with van der Waals surface area (Å²) in [5.41, 5.74) is -0.365. The second-order valence-electron chi connectivity index (χ2n) is 5.08. The molecular weight excluding hydrogens is 248 g/mol. The Morgan fingerprint density at radius 2 is 2.21 bits per heavy atom. The fraction of sp³-hybridized carbons (Fsp3) is 0.462. The van der Waals surface area contributed by atoms with Crippen molar-refractivity contribution in [2.24, 2.45) is 5.92 Å². The van der Waals surface area contributed by atoms with Crippen molar-refractivity contribution in [3.05, 3.63) is 29.6 Å². The number of likely N-dealkylation sites (tertiary alicyclic amines) is 1. The van der Waals surface area contributed by atoms with Gasteiger partial charge in [-0.15, -0.1) is 0 Å². The summed E-state index contributed by atoms with van der Waals surface area (Å²) in [6.07, 6.45) is 1.98. The van der Waals surface area contributed by atoms with E-state index in [0.717, 1.165) is 12.8 Å². The Labute approximate surface area is 112 Å². The summed E-state index contributed by atoms with van der Waals surface area (Å²) in [4.78, 5) is 13.9. The van der Waals surface area contributed by atoms with E-state index in [-0.39, 0.29) is 16.9 Å². The van der Waals surface area contributed by atoms with Gasteiger partial charge in [-0.2, -0.15) is 0 Å². The monoisotopic (exact) mass is 265 g/mol. The van der Waals surface area contributed by atoms with Crippen molar-refractivity contribution < 1.29 is 19.2 Å². The number of hydrogen-bond acceptors (Lipinski definition) is 3. The summed E-state index contributed by atoms with van der Waals surface area (Å²) in [6, 6.07) is 4.09. The third-order valence-corrected chi connectivity index (χ3v) is 3.48. The third kappa shape index (κ3) is 2.96. The van der Waals surface area contributed by atoms with Crippen molar-refractivity contribution in [1.82, 2.24) is 4.90 Å². The van der Waals surface area contributed by atoms with Gasteiger partial charge in [-0.1, -0.05) is 19.1 Å². The maximum Gasteiger partial charge on any atom is 0.491 e. The number of carbonyl (C=O) groups excluding carboxylic acids is 1. The van der Waals surface area contributed by atoms with Crippen molar-refractivity contribution in [2.75, 3.05) is 13.1 Å². The molecule has 0 saturated carbocycles. The lowest BCUT2D eigenvalue weighted by atomic mass is 9.79. The average molecular weight is 265 g/mol. The van der Waals surface area contributed by atoms with Crippen molar-refractivity contribution in [3.8, 4) is 0 Å². The molecule has 1 aliphatic rings. The minimum atomic E-state index is -1.91. The van der Waals surface area contributed by atoms with Gasteiger partial charge >= 0.3 is 7.12 Å². The molecule has 1 heterocycles. The van der Waals surface area contributed by atoms with E-state index in [1.54, 1.807) is 4.90 Å². The van der Waals surface area contributed by atoms with E-state index in [4.69, 9.17) is 10.0 Å². The van der Waals surface area contributed by atoms with E-state index < -0.39 is 12.9 Å². The highest BCUT2D eigenvalue weighted by atomic mass is 19.1. The average Bonchev–Trinajstić information content (AvgIpc) is 2.38. The van der Waals surface area contributed by atoms with E-state index in [9.17, 15) is 9.18 Å². The summed E-state index contributed by atoms with van der Waals surface area (Å²) < 4.78 is 14.1. The van der Waals surface area contributed by atoms with Crippen LogP contribution < -0.4 is 5.46 Å². The standard InChI is InChI=1S/C13H17BFNO3/c1-9-4-3-7-16(8-9)13(17)10-5-2-6-11(12(10)15)14(18)19/h2,5-6,9,18-19H,3-4,7-8H2,1H3/t9-/m0/s1. The van der Waals surface area contributed by atoms with Gasteiger partial charge in [-0.05, 0) is 24.8 Å². The van der Waals surface area contributed by atoms with E-state index in [0.29, 0.717) is 19.0 Å². The minimum Gasteiger partial charge on any atom is -0.423 e. The normalized spacial score (nSPS) is 19.4. The summed E-state index contributed by atoms with van der Waals surface area (Å²) in [7, 11) is -1.91. The summed E-state index contributed by atoms with van der Waals surface area (Å²) in [5.74, 6) is -0.820. The first-order valence-electron chi connectivity index (χ1n) is 6.44. The van der Waals surface area contributed by atoms with Crippen LogP contribution in [0.2, 0.25) is 0 Å². The van der Waals surface area contributed by atoms with Gasteiger partial charge in [0.1, 0.15) is 5.82 Å². The molecule has 2 N–H and O–H groups in total. The summed E-state index contributed by atoms with van der Waals surface area (Å²) in [6.45, 7) is 3.29. The molecule has 0 spiro atoms. The molecule has 1 amide bonds. The molecule has 0 aliphatic carbocycles. The van der Waals surface area contributed by atoms with Crippen LogP contribution in [-0.2, 0) is 0 Å². The molecule has 1 aromatic rings. The van der Waals surface area contributed by atoms with Crippen molar-refractivity contribution in [3.63, 3.8) is 0 Å². The first kappa shape index (κ1) is 14.0. The molecule has 2 rings (SSSR count). The quantitative estimate of drug-likeness (QED) is 0.760. The predicted octanol–water partition coefficient (Wildman–Crippen LogP) is 0.378. The number of nitrogens with zero attached hydrogens (tertiary/aromatic N) is 1. The molecule has 19 heavy (non-hydrogen) atoms. The number of halogens is 1. The van der Waals surface area contributed by atoms with Crippen molar-refractivity contribution >= 4 is 18.5 Å². The molecule has 1 aromatic carbocycles. The van der Waals surface area contributed by atoms with Gasteiger partial charge in [0.15, 0.2) is 0 Å². The van der Waals surface area contributed by atoms with Gasteiger partial charge < -0.3 is 14.9 Å². The molecule has 102 valence electrons. The molecule has 1 fully saturated rings. The van der Waals surface area contributed by atoms with Crippen molar-refractivity contribution in [1.29, 1.82) is 0 Å². The lowest BCUT2D eigenvalue weighted by Gasteiger charge is -2.31. The van der Waals surface area contributed by atoms with Crippen LogP contribution in [0.3, 0.4) is 0 Å². The summed E-state index contributed by atoms with van der Waals surface area (Å²) >= 11 is 0. The van der Waals surface area contributed by atoms with Crippen LogP contribution >= 0.6 is 0 Å². The lowest BCUT2D eigenvalue weighted by molar-refractivity contribution is 0.0678. The topological polar surface area (TPSA) is 60.8 Å². The zero-order valence-electron chi connectivity index (χ0n) is 10.8. The zero-order chi connectivity index (χ0) is 14.0. The van der Waals surface area contributed by atoms with Gasteiger partial charge in [-0.3, -0.25) is 4.79 Å². The van der Waals surface area contributed by atoms with Gasteiger partial charge in [0.25, 0.3) is 5.91 Å². The van der Waals surface area contributed by atoms with Gasteiger partial charge in [0.05, 0.1) is 5.56 Å². The molecule has 0 unspecified atom stereocenters. The van der Waals surface area contributed by atoms with Crippen LogP contribution in [0.25, 0.3) is 0 Å². The van der Waals surface area contributed by atoms with Crippen LogP contribution in [0.4, 0.5) is 4.39 Å². The van der Waals surface area contributed by atoms with Crippen LogP contribution in [0.5, 0.6) is 0 Å².